The lowest BCUT2D eigenvalue weighted by molar-refractivity contribution is 0.0740. The molecule has 1 rings (SSSR count). The highest BCUT2D eigenvalue weighted by atomic mass is 16.5. The van der Waals surface area contributed by atoms with Crippen LogP contribution < -0.4 is 0 Å². The molecule has 0 spiro atoms. The van der Waals surface area contributed by atoms with Crippen LogP contribution in [0.2, 0.25) is 0 Å². The summed E-state index contributed by atoms with van der Waals surface area (Å²) in [6.45, 7) is 6.52. The highest BCUT2D eigenvalue weighted by molar-refractivity contribution is 4.76. The van der Waals surface area contributed by atoms with Crippen molar-refractivity contribution in [2.24, 2.45) is 5.92 Å². The highest BCUT2D eigenvalue weighted by Gasteiger charge is 2.27. The van der Waals surface area contributed by atoms with Crippen molar-refractivity contribution in [2.45, 2.75) is 57.7 Å². The topological polar surface area (TPSA) is 29.5 Å². The summed E-state index contributed by atoms with van der Waals surface area (Å²) in [5.41, 5.74) is 0. The summed E-state index contributed by atoms with van der Waals surface area (Å²) in [6, 6.07) is 0. The fraction of sp³-hybridized carbons (Fsp3) is 0.846. The summed E-state index contributed by atoms with van der Waals surface area (Å²) >= 11 is 0. The largest absolute Gasteiger partial charge is 0.393 e. The van der Waals surface area contributed by atoms with E-state index in [1.807, 2.05) is 6.08 Å². The molecule has 1 saturated heterocycles. The maximum Gasteiger partial charge on any atom is 0.0591 e. The van der Waals surface area contributed by atoms with Crippen LogP contribution in [0.3, 0.4) is 0 Å². The van der Waals surface area contributed by atoms with Gasteiger partial charge in [-0.3, -0.25) is 0 Å². The predicted molar refractivity (Wildman–Crippen MR) is 62.8 cm³/mol. The van der Waals surface area contributed by atoms with Crippen molar-refractivity contribution in [3.8, 4) is 0 Å². The Labute approximate surface area is 93.3 Å². The molecule has 15 heavy (non-hydrogen) atoms. The second-order valence-electron chi connectivity index (χ2n) is 4.63. The van der Waals surface area contributed by atoms with Crippen LogP contribution in [0, 0.1) is 5.92 Å². The van der Waals surface area contributed by atoms with Crippen molar-refractivity contribution in [1.82, 2.24) is 0 Å². The van der Waals surface area contributed by atoms with E-state index in [0.717, 1.165) is 32.3 Å². The SMILES string of the molecule is C=CCCCCCC(O)C1COC(C)C1. The van der Waals surface area contributed by atoms with E-state index in [0.29, 0.717) is 12.0 Å². The Morgan fingerprint density at radius 3 is 2.87 bits per heavy atom. The van der Waals surface area contributed by atoms with Crippen LogP contribution in [0.15, 0.2) is 12.7 Å². The van der Waals surface area contributed by atoms with Gasteiger partial charge in [0, 0.05) is 5.92 Å². The van der Waals surface area contributed by atoms with Gasteiger partial charge in [-0.1, -0.05) is 18.9 Å². The third-order valence-corrected chi connectivity index (χ3v) is 3.18. The molecule has 88 valence electrons. The molecule has 1 fully saturated rings. The molecule has 0 amide bonds. The van der Waals surface area contributed by atoms with Gasteiger partial charge >= 0.3 is 0 Å². The van der Waals surface area contributed by atoms with E-state index in [-0.39, 0.29) is 6.10 Å². The molecule has 0 aromatic rings. The van der Waals surface area contributed by atoms with Gasteiger partial charge in [-0.05, 0) is 32.6 Å². The van der Waals surface area contributed by atoms with Crippen LogP contribution >= 0.6 is 0 Å². The van der Waals surface area contributed by atoms with Crippen LogP contribution in [0.5, 0.6) is 0 Å². The number of ether oxygens (including phenoxy) is 1. The van der Waals surface area contributed by atoms with Crippen LogP contribution in [0.1, 0.15) is 45.4 Å². The van der Waals surface area contributed by atoms with Gasteiger partial charge in [0.05, 0.1) is 18.8 Å². The number of rotatable bonds is 7. The Hall–Kier alpha value is -0.340. The van der Waals surface area contributed by atoms with E-state index in [1.54, 1.807) is 0 Å². The number of hydrogen-bond acceptors (Lipinski definition) is 2. The molecule has 1 aliphatic heterocycles. The summed E-state index contributed by atoms with van der Waals surface area (Å²) < 4.78 is 5.46. The molecule has 1 heterocycles. The van der Waals surface area contributed by atoms with Crippen molar-refractivity contribution in [1.29, 1.82) is 0 Å². The minimum absolute atomic E-state index is 0.154. The van der Waals surface area contributed by atoms with E-state index in [9.17, 15) is 5.11 Å². The standard InChI is InChI=1S/C13H24O2/c1-3-4-5-6-7-8-13(14)12-9-11(2)15-10-12/h3,11-14H,1,4-10H2,2H3. The summed E-state index contributed by atoms with van der Waals surface area (Å²) in [5, 5.41) is 9.92. The molecule has 0 saturated carbocycles. The maximum atomic E-state index is 9.92. The number of unbranched alkanes of at least 4 members (excludes halogenated alkanes) is 3. The molecule has 2 heteroatoms. The molecule has 0 bridgehead atoms. The monoisotopic (exact) mass is 212 g/mol. The average Bonchev–Trinajstić information content (AvgIpc) is 2.64. The van der Waals surface area contributed by atoms with Gasteiger partial charge in [-0.2, -0.15) is 0 Å². The van der Waals surface area contributed by atoms with Gasteiger partial charge in [0.2, 0.25) is 0 Å². The van der Waals surface area contributed by atoms with Gasteiger partial charge < -0.3 is 9.84 Å². The average molecular weight is 212 g/mol. The minimum atomic E-state index is -0.154. The molecule has 3 unspecified atom stereocenters. The Kier molecular flexibility index (Phi) is 5.96. The van der Waals surface area contributed by atoms with Crippen molar-refractivity contribution in [3.05, 3.63) is 12.7 Å². The molecule has 1 N–H and O–H groups in total. The first-order valence-electron chi connectivity index (χ1n) is 6.14. The van der Waals surface area contributed by atoms with Crippen molar-refractivity contribution in [2.75, 3.05) is 6.61 Å². The highest BCUT2D eigenvalue weighted by Crippen LogP contribution is 2.24. The molecule has 0 radical (unpaired) electrons. The third-order valence-electron chi connectivity index (χ3n) is 3.18. The Balaban J connectivity index is 2.03. The van der Waals surface area contributed by atoms with Gasteiger partial charge in [-0.15, -0.1) is 6.58 Å². The van der Waals surface area contributed by atoms with Gasteiger partial charge in [0.1, 0.15) is 0 Å². The van der Waals surface area contributed by atoms with Crippen LogP contribution in [-0.4, -0.2) is 23.9 Å². The van der Waals surface area contributed by atoms with E-state index < -0.39 is 0 Å². The Morgan fingerprint density at radius 1 is 1.47 bits per heavy atom. The quantitative estimate of drug-likeness (QED) is 0.519. The lowest BCUT2D eigenvalue weighted by Crippen LogP contribution is -2.20. The summed E-state index contributed by atoms with van der Waals surface area (Å²) in [6.07, 6.45) is 8.72. The Morgan fingerprint density at radius 2 is 2.27 bits per heavy atom. The van der Waals surface area contributed by atoms with Crippen molar-refractivity contribution in [3.63, 3.8) is 0 Å². The van der Waals surface area contributed by atoms with Crippen LogP contribution in [0.25, 0.3) is 0 Å². The second-order valence-corrected chi connectivity index (χ2v) is 4.63. The van der Waals surface area contributed by atoms with E-state index in [2.05, 4.69) is 13.5 Å². The maximum absolute atomic E-state index is 9.92. The Bertz CT molecular complexity index is 179. The van der Waals surface area contributed by atoms with Crippen molar-refractivity contribution >= 4 is 0 Å². The molecule has 1 aliphatic rings. The van der Waals surface area contributed by atoms with E-state index >= 15 is 0 Å². The molecule has 2 nitrogen and oxygen atoms in total. The molecule has 3 atom stereocenters. The molecular weight excluding hydrogens is 188 g/mol. The lowest BCUT2D eigenvalue weighted by Gasteiger charge is -2.16. The smallest absolute Gasteiger partial charge is 0.0591 e. The normalized spacial score (nSPS) is 27.9. The first-order chi connectivity index (χ1) is 7.24. The van der Waals surface area contributed by atoms with E-state index in [4.69, 9.17) is 4.74 Å². The predicted octanol–water partition coefficient (Wildman–Crippen LogP) is 2.91. The molecule has 0 aromatic heterocycles. The minimum Gasteiger partial charge on any atom is -0.393 e. The van der Waals surface area contributed by atoms with Gasteiger partial charge in [0.25, 0.3) is 0 Å². The second kappa shape index (κ2) is 7.02. The molecular formula is C13H24O2. The zero-order chi connectivity index (χ0) is 11.1. The first-order valence-corrected chi connectivity index (χ1v) is 6.14. The third kappa shape index (κ3) is 4.80. The fourth-order valence-electron chi connectivity index (χ4n) is 2.17. The zero-order valence-corrected chi connectivity index (χ0v) is 9.82. The van der Waals surface area contributed by atoms with Crippen LogP contribution in [-0.2, 0) is 4.74 Å². The van der Waals surface area contributed by atoms with Crippen LogP contribution in [0.4, 0.5) is 0 Å². The molecule has 0 aliphatic carbocycles. The summed E-state index contributed by atoms with van der Waals surface area (Å²) in [5.74, 6) is 0.374. The lowest BCUT2D eigenvalue weighted by atomic mass is 9.95. The number of allylic oxidation sites excluding steroid dienone is 1. The van der Waals surface area contributed by atoms with Gasteiger partial charge in [0.15, 0.2) is 0 Å². The number of aliphatic hydroxyl groups is 1. The zero-order valence-electron chi connectivity index (χ0n) is 9.82. The first kappa shape index (κ1) is 12.7. The number of hydrogen-bond donors (Lipinski definition) is 1. The van der Waals surface area contributed by atoms with Crippen molar-refractivity contribution < 1.29 is 9.84 Å². The number of aliphatic hydroxyl groups excluding tert-OH is 1. The molecule has 0 aromatic carbocycles. The van der Waals surface area contributed by atoms with Gasteiger partial charge in [-0.25, -0.2) is 0 Å². The summed E-state index contributed by atoms with van der Waals surface area (Å²) in [7, 11) is 0. The fourth-order valence-corrected chi connectivity index (χ4v) is 2.17. The van der Waals surface area contributed by atoms with E-state index in [1.165, 1.54) is 12.8 Å². The summed E-state index contributed by atoms with van der Waals surface area (Å²) in [4.78, 5) is 0.